The smallest absolute Gasteiger partial charge is 0.244 e. The predicted octanol–water partition coefficient (Wildman–Crippen LogP) is 1.52. The molecular formula is C18H18N4O6. The van der Waals surface area contributed by atoms with Crippen molar-refractivity contribution >= 4 is 0 Å². The van der Waals surface area contributed by atoms with Gasteiger partial charge in [-0.1, -0.05) is 0 Å². The van der Waals surface area contributed by atoms with Crippen LogP contribution in [0, 0.1) is 11.3 Å². The van der Waals surface area contributed by atoms with E-state index in [-0.39, 0.29) is 30.7 Å². The number of rotatable bonds is 5. The maximum absolute atomic E-state index is 9.80. The second kappa shape index (κ2) is 6.86. The summed E-state index contributed by atoms with van der Waals surface area (Å²) in [5.74, 6) is 1.31. The van der Waals surface area contributed by atoms with Gasteiger partial charge in [0, 0.05) is 12.7 Å². The minimum absolute atomic E-state index is 0.0332. The second-order valence-electron chi connectivity index (χ2n) is 6.04. The van der Waals surface area contributed by atoms with Crippen LogP contribution in [0.3, 0.4) is 0 Å². The number of allylic oxidation sites excluding steroid dienone is 1. The lowest BCUT2D eigenvalue weighted by atomic mass is 9.83. The first-order valence-corrected chi connectivity index (χ1v) is 8.32. The molecule has 0 radical (unpaired) electrons. The van der Waals surface area contributed by atoms with Gasteiger partial charge in [0.15, 0.2) is 11.5 Å². The Kier molecular flexibility index (Phi) is 4.37. The highest BCUT2D eigenvalue weighted by molar-refractivity contribution is 5.68. The number of nitrogens with one attached hydrogen (secondary N) is 1. The molecule has 0 bridgehead atoms. The van der Waals surface area contributed by atoms with E-state index in [2.05, 4.69) is 16.3 Å². The molecule has 0 spiro atoms. The molecule has 3 N–H and O–H groups in total. The zero-order valence-electron chi connectivity index (χ0n) is 15.5. The standard InChI is InChI=1S/C18H18N4O6/c1-23-6-10-13-12(9(5-19)17(20)28-18(13)22-21-10)8-4-11(24-2)15-16(14(8)25-3)27-7-26-15/h4,12H,6-7,20H2,1-3H3,(H,21,22)/t12-/m0/s1. The third kappa shape index (κ3) is 2.48. The lowest BCUT2D eigenvalue weighted by Gasteiger charge is -2.26. The van der Waals surface area contributed by atoms with Gasteiger partial charge in [0.2, 0.25) is 30.1 Å². The van der Waals surface area contributed by atoms with E-state index in [4.69, 9.17) is 34.2 Å². The molecule has 10 heteroatoms. The van der Waals surface area contributed by atoms with E-state index in [1.807, 2.05) is 0 Å². The van der Waals surface area contributed by atoms with Crippen LogP contribution in [-0.4, -0.2) is 38.3 Å². The third-order valence-electron chi connectivity index (χ3n) is 4.63. The molecule has 0 fully saturated rings. The number of H-pyrrole nitrogens is 1. The zero-order valence-corrected chi connectivity index (χ0v) is 15.5. The molecule has 10 nitrogen and oxygen atoms in total. The van der Waals surface area contributed by atoms with Gasteiger partial charge in [0.05, 0.1) is 38.0 Å². The number of aromatic amines is 1. The molecule has 0 unspecified atom stereocenters. The van der Waals surface area contributed by atoms with Crippen molar-refractivity contribution in [1.82, 2.24) is 10.2 Å². The highest BCUT2D eigenvalue weighted by atomic mass is 16.7. The van der Waals surface area contributed by atoms with E-state index >= 15 is 0 Å². The SMILES string of the molecule is COCc1[nH]nc2c1[C@@H](c1cc(OC)c3c(c1OC)OCO3)C(C#N)=C(N)O2. The van der Waals surface area contributed by atoms with Crippen LogP contribution in [0.15, 0.2) is 17.5 Å². The number of nitrogens with two attached hydrogens (primary N) is 1. The number of aromatic nitrogens is 2. The summed E-state index contributed by atoms with van der Waals surface area (Å²) in [5, 5.41) is 16.8. The van der Waals surface area contributed by atoms with Gasteiger partial charge < -0.3 is 34.2 Å². The molecule has 2 aliphatic heterocycles. The highest BCUT2D eigenvalue weighted by Gasteiger charge is 2.39. The van der Waals surface area contributed by atoms with Crippen LogP contribution in [0.1, 0.15) is 22.7 Å². The highest BCUT2D eigenvalue weighted by Crippen LogP contribution is 2.55. The molecule has 3 heterocycles. The average Bonchev–Trinajstić information content (AvgIpc) is 3.33. The minimum atomic E-state index is -0.629. The van der Waals surface area contributed by atoms with Gasteiger partial charge in [-0.05, 0) is 6.07 Å². The summed E-state index contributed by atoms with van der Waals surface area (Å²) in [7, 11) is 4.59. The fourth-order valence-corrected chi connectivity index (χ4v) is 3.48. The topological polar surface area (TPSA) is 134 Å². The Bertz CT molecular complexity index is 1010. The summed E-state index contributed by atoms with van der Waals surface area (Å²) in [5.41, 5.74) is 8.11. The molecule has 0 aliphatic carbocycles. The third-order valence-corrected chi connectivity index (χ3v) is 4.63. The van der Waals surface area contributed by atoms with Gasteiger partial charge in [-0.15, -0.1) is 5.10 Å². The van der Waals surface area contributed by atoms with Crippen molar-refractivity contribution in [3.8, 4) is 34.9 Å². The van der Waals surface area contributed by atoms with Crippen LogP contribution in [-0.2, 0) is 11.3 Å². The van der Waals surface area contributed by atoms with E-state index in [1.54, 1.807) is 13.2 Å². The van der Waals surface area contributed by atoms with Crippen LogP contribution in [0.25, 0.3) is 0 Å². The molecule has 1 aromatic heterocycles. The van der Waals surface area contributed by atoms with E-state index in [1.165, 1.54) is 14.2 Å². The van der Waals surface area contributed by atoms with E-state index in [0.717, 1.165) is 0 Å². The molecule has 2 aliphatic rings. The molecule has 1 atom stereocenters. The lowest BCUT2D eigenvalue weighted by Crippen LogP contribution is -2.22. The molecule has 1 aromatic carbocycles. The van der Waals surface area contributed by atoms with Crippen LogP contribution in [0.5, 0.6) is 28.9 Å². The number of hydrogen-bond acceptors (Lipinski definition) is 9. The number of nitrogens with zero attached hydrogens (tertiary/aromatic N) is 2. The van der Waals surface area contributed by atoms with Gasteiger partial charge in [-0.3, -0.25) is 5.10 Å². The minimum Gasteiger partial charge on any atom is -0.493 e. The van der Waals surface area contributed by atoms with Crippen molar-refractivity contribution in [2.45, 2.75) is 12.5 Å². The Morgan fingerprint density at radius 2 is 2.07 bits per heavy atom. The summed E-state index contributed by atoms with van der Waals surface area (Å²) in [4.78, 5) is 0. The number of benzene rings is 1. The van der Waals surface area contributed by atoms with Crippen LogP contribution in [0.2, 0.25) is 0 Å². The van der Waals surface area contributed by atoms with Crippen molar-refractivity contribution in [1.29, 1.82) is 5.26 Å². The molecule has 2 aromatic rings. The maximum atomic E-state index is 9.80. The molecule has 0 saturated carbocycles. The molecular weight excluding hydrogens is 368 g/mol. The monoisotopic (exact) mass is 386 g/mol. The largest absolute Gasteiger partial charge is 0.493 e. The van der Waals surface area contributed by atoms with Crippen molar-refractivity contribution in [2.24, 2.45) is 5.73 Å². The summed E-state index contributed by atoms with van der Waals surface area (Å²) in [6.07, 6.45) is 0. The Hall–Kier alpha value is -3.58. The number of fused-ring (bicyclic) bond motifs is 2. The zero-order chi connectivity index (χ0) is 19.8. The van der Waals surface area contributed by atoms with Crippen LogP contribution in [0.4, 0.5) is 0 Å². The van der Waals surface area contributed by atoms with Gasteiger partial charge >= 0.3 is 0 Å². The molecule has 146 valence electrons. The number of hydrogen-bond donors (Lipinski definition) is 2. The molecule has 28 heavy (non-hydrogen) atoms. The molecule has 4 rings (SSSR count). The van der Waals surface area contributed by atoms with E-state index in [0.29, 0.717) is 39.8 Å². The summed E-state index contributed by atoms with van der Waals surface area (Å²) in [6, 6.07) is 3.87. The average molecular weight is 386 g/mol. The van der Waals surface area contributed by atoms with E-state index in [9.17, 15) is 5.26 Å². The second-order valence-corrected chi connectivity index (χ2v) is 6.04. The Morgan fingerprint density at radius 1 is 1.29 bits per heavy atom. The normalized spacial score (nSPS) is 17.0. The van der Waals surface area contributed by atoms with E-state index < -0.39 is 5.92 Å². The van der Waals surface area contributed by atoms with Gasteiger partial charge in [-0.2, -0.15) is 5.26 Å². The lowest BCUT2D eigenvalue weighted by molar-refractivity contribution is 0.168. The molecule has 0 amide bonds. The van der Waals surface area contributed by atoms with Crippen molar-refractivity contribution in [3.63, 3.8) is 0 Å². The van der Waals surface area contributed by atoms with Crippen molar-refractivity contribution in [3.05, 3.63) is 34.3 Å². The maximum Gasteiger partial charge on any atom is 0.244 e. The van der Waals surface area contributed by atoms with Gasteiger partial charge in [-0.25, -0.2) is 0 Å². The first kappa shape index (κ1) is 17.8. The predicted molar refractivity (Wildman–Crippen MR) is 94.3 cm³/mol. The van der Waals surface area contributed by atoms with Crippen LogP contribution >= 0.6 is 0 Å². The van der Waals surface area contributed by atoms with Crippen LogP contribution < -0.4 is 29.4 Å². The Labute approximate surface area is 160 Å². The first-order chi connectivity index (χ1) is 13.6. The summed E-state index contributed by atoms with van der Waals surface area (Å²) >= 11 is 0. The first-order valence-electron chi connectivity index (χ1n) is 8.32. The number of methoxy groups -OCH3 is 3. The quantitative estimate of drug-likeness (QED) is 0.784. The fourth-order valence-electron chi connectivity index (χ4n) is 3.48. The Balaban J connectivity index is 2.01. The fraction of sp³-hybridized carbons (Fsp3) is 0.333. The van der Waals surface area contributed by atoms with Gasteiger partial charge in [0.1, 0.15) is 11.6 Å². The van der Waals surface area contributed by atoms with Crippen molar-refractivity contribution < 1.29 is 28.4 Å². The Morgan fingerprint density at radius 3 is 2.75 bits per heavy atom. The van der Waals surface area contributed by atoms with Crippen molar-refractivity contribution in [2.75, 3.05) is 28.1 Å². The number of ether oxygens (including phenoxy) is 6. The summed E-state index contributed by atoms with van der Waals surface area (Å²) in [6.45, 7) is 0.277. The summed E-state index contributed by atoms with van der Waals surface area (Å²) < 4.78 is 33.0. The van der Waals surface area contributed by atoms with Gasteiger partial charge in [0.25, 0.3) is 0 Å². The number of nitriles is 1. The molecule has 0 saturated heterocycles.